The summed E-state index contributed by atoms with van der Waals surface area (Å²) in [5.74, 6) is -0.281. The molecule has 0 radical (unpaired) electrons. The smallest absolute Gasteiger partial charge is 0.220 e. The summed E-state index contributed by atoms with van der Waals surface area (Å²) in [7, 11) is 0. The molecule has 1 unspecified atom stereocenters. The van der Waals surface area contributed by atoms with Gasteiger partial charge in [-0.25, -0.2) is 4.98 Å². The Morgan fingerprint density at radius 1 is 1.40 bits per heavy atom. The van der Waals surface area contributed by atoms with Crippen molar-refractivity contribution in [1.82, 2.24) is 4.98 Å². The summed E-state index contributed by atoms with van der Waals surface area (Å²) in [4.78, 5) is 15.8. The fourth-order valence-electron chi connectivity index (χ4n) is 2.02. The molecule has 1 amide bonds. The summed E-state index contributed by atoms with van der Waals surface area (Å²) in [6.07, 6.45) is 2.32. The van der Waals surface area contributed by atoms with Crippen LogP contribution in [0.2, 0.25) is 5.02 Å². The monoisotopic (exact) mass is 308 g/mol. The van der Waals surface area contributed by atoms with Crippen molar-refractivity contribution < 1.29 is 4.79 Å². The van der Waals surface area contributed by atoms with Gasteiger partial charge in [0.15, 0.2) is 0 Å². The number of benzene rings is 1. The van der Waals surface area contributed by atoms with Crippen LogP contribution in [0.25, 0.3) is 10.6 Å². The second-order valence-electron chi connectivity index (χ2n) is 4.70. The van der Waals surface area contributed by atoms with E-state index in [4.69, 9.17) is 17.3 Å². The Labute approximate surface area is 127 Å². The third-order valence-electron chi connectivity index (χ3n) is 3.29. The fraction of sp³-hybridized carbons (Fsp3) is 0.333. The average molecular weight is 309 g/mol. The number of nitrogens with two attached hydrogens (primary N) is 1. The van der Waals surface area contributed by atoms with Gasteiger partial charge in [-0.3, -0.25) is 4.79 Å². The first-order valence-electron chi connectivity index (χ1n) is 6.59. The normalized spacial score (nSPS) is 12.3. The number of primary amides is 1. The Morgan fingerprint density at radius 3 is 2.70 bits per heavy atom. The molecule has 5 heteroatoms. The van der Waals surface area contributed by atoms with Gasteiger partial charge < -0.3 is 5.73 Å². The van der Waals surface area contributed by atoms with Crippen LogP contribution in [0.4, 0.5) is 0 Å². The molecule has 0 aliphatic rings. The molecule has 0 bridgehead atoms. The first-order chi connectivity index (χ1) is 9.60. The Kier molecular flexibility index (Phi) is 5.15. The van der Waals surface area contributed by atoms with E-state index in [2.05, 4.69) is 4.98 Å². The van der Waals surface area contributed by atoms with Gasteiger partial charge in [0.05, 0.1) is 5.69 Å². The van der Waals surface area contributed by atoms with Crippen LogP contribution in [0, 0.1) is 5.92 Å². The molecule has 1 aromatic heterocycles. The quantitative estimate of drug-likeness (QED) is 0.879. The molecule has 0 aliphatic carbocycles. The number of thiazole rings is 1. The van der Waals surface area contributed by atoms with Gasteiger partial charge in [-0.05, 0) is 31.4 Å². The Balaban J connectivity index is 2.02. The van der Waals surface area contributed by atoms with E-state index < -0.39 is 0 Å². The predicted molar refractivity (Wildman–Crippen MR) is 83.9 cm³/mol. The van der Waals surface area contributed by atoms with E-state index in [1.54, 1.807) is 11.3 Å². The lowest BCUT2D eigenvalue weighted by molar-refractivity contribution is -0.122. The van der Waals surface area contributed by atoms with Crippen LogP contribution in [0.1, 0.15) is 25.5 Å². The topological polar surface area (TPSA) is 56.0 Å². The lowest BCUT2D eigenvalue weighted by Gasteiger charge is -2.08. The first-order valence-corrected chi connectivity index (χ1v) is 7.85. The summed E-state index contributed by atoms with van der Waals surface area (Å²) in [5.41, 5.74) is 7.43. The Bertz CT molecular complexity index is 580. The summed E-state index contributed by atoms with van der Waals surface area (Å²) >= 11 is 7.48. The summed E-state index contributed by atoms with van der Waals surface area (Å²) < 4.78 is 0. The minimum atomic E-state index is -0.222. The number of hydrogen-bond donors (Lipinski definition) is 1. The highest BCUT2D eigenvalue weighted by Crippen LogP contribution is 2.26. The molecule has 106 valence electrons. The van der Waals surface area contributed by atoms with Gasteiger partial charge in [-0.1, -0.05) is 30.7 Å². The number of aromatic nitrogens is 1. The van der Waals surface area contributed by atoms with Gasteiger partial charge in [-0.15, -0.1) is 11.3 Å². The van der Waals surface area contributed by atoms with E-state index in [0.717, 1.165) is 40.6 Å². The van der Waals surface area contributed by atoms with Crippen LogP contribution in [0.15, 0.2) is 29.6 Å². The van der Waals surface area contributed by atoms with Gasteiger partial charge in [-0.2, -0.15) is 0 Å². The molecule has 2 aromatic rings. The van der Waals surface area contributed by atoms with E-state index in [1.807, 2.05) is 36.6 Å². The molecule has 1 aromatic carbocycles. The number of halogens is 1. The van der Waals surface area contributed by atoms with E-state index in [-0.39, 0.29) is 11.8 Å². The lowest BCUT2D eigenvalue weighted by atomic mass is 9.99. The molecule has 0 saturated carbocycles. The first kappa shape index (κ1) is 15.0. The van der Waals surface area contributed by atoms with Crippen LogP contribution in [0.5, 0.6) is 0 Å². The van der Waals surface area contributed by atoms with Crippen molar-refractivity contribution in [1.29, 1.82) is 0 Å². The van der Waals surface area contributed by atoms with Gasteiger partial charge in [0, 0.05) is 21.9 Å². The van der Waals surface area contributed by atoms with Crippen LogP contribution < -0.4 is 5.73 Å². The van der Waals surface area contributed by atoms with Crippen molar-refractivity contribution in [3.63, 3.8) is 0 Å². The third-order valence-corrected chi connectivity index (χ3v) is 4.48. The molecule has 2 rings (SSSR count). The van der Waals surface area contributed by atoms with E-state index >= 15 is 0 Å². The average Bonchev–Trinajstić information content (AvgIpc) is 2.89. The van der Waals surface area contributed by atoms with Crippen molar-refractivity contribution >= 4 is 28.8 Å². The molecule has 1 atom stereocenters. The largest absolute Gasteiger partial charge is 0.369 e. The highest BCUT2D eigenvalue weighted by molar-refractivity contribution is 7.13. The predicted octanol–water partition coefficient (Wildman–Crippen LogP) is 3.91. The second kappa shape index (κ2) is 6.86. The molecule has 2 N–H and O–H groups in total. The standard InChI is InChI=1S/C15H17ClN2OS/c1-2-10(14(17)19)5-8-13-9-20-15(18-13)11-3-6-12(16)7-4-11/h3-4,6-7,9-10H,2,5,8H2,1H3,(H2,17,19). The zero-order valence-electron chi connectivity index (χ0n) is 11.3. The molecular formula is C15H17ClN2OS. The molecule has 0 saturated heterocycles. The highest BCUT2D eigenvalue weighted by atomic mass is 35.5. The van der Waals surface area contributed by atoms with Crippen molar-refractivity contribution in [2.75, 3.05) is 0 Å². The van der Waals surface area contributed by atoms with Crippen LogP contribution in [-0.4, -0.2) is 10.9 Å². The maximum atomic E-state index is 11.2. The van der Waals surface area contributed by atoms with Crippen molar-refractivity contribution in [2.45, 2.75) is 26.2 Å². The number of carbonyl (C=O) groups excluding carboxylic acids is 1. The third kappa shape index (κ3) is 3.81. The Hall–Kier alpha value is -1.39. The molecule has 1 heterocycles. The molecule has 0 aliphatic heterocycles. The SMILES string of the molecule is CCC(CCc1csc(-c2ccc(Cl)cc2)n1)C(N)=O. The van der Waals surface area contributed by atoms with Crippen LogP contribution in [0.3, 0.4) is 0 Å². The van der Waals surface area contributed by atoms with Gasteiger partial charge in [0.2, 0.25) is 5.91 Å². The maximum Gasteiger partial charge on any atom is 0.220 e. The maximum absolute atomic E-state index is 11.2. The van der Waals surface area contributed by atoms with E-state index in [1.165, 1.54) is 0 Å². The van der Waals surface area contributed by atoms with Gasteiger partial charge in [0.1, 0.15) is 5.01 Å². The molecule has 20 heavy (non-hydrogen) atoms. The van der Waals surface area contributed by atoms with Crippen molar-refractivity contribution in [3.8, 4) is 10.6 Å². The van der Waals surface area contributed by atoms with Crippen LogP contribution in [-0.2, 0) is 11.2 Å². The minimum absolute atomic E-state index is 0.0596. The number of nitrogens with zero attached hydrogens (tertiary/aromatic N) is 1. The molecule has 3 nitrogen and oxygen atoms in total. The number of amides is 1. The number of rotatable bonds is 6. The summed E-state index contributed by atoms with van der Waals surface area (Å²) in [5, 5.41) is 3.74. The van der Waals surface area contributed by atoms with Crippen molar-refractivity contribution in [2.24, 2.45) is 11.7 Å². The van der Waals surface area contributed by atoms with Crippen molar-refractivity contribution in [3.05, 3.63) is 40.4 Å². The summed E-state index contributed by atoms with van der Waals surface area (Å²) in [6.45, 7) is 1.98. The number of aryl methyl sites for hydroxylation is 1. The van der Waals surface area contributed by atoms with E-state index in [0.29, 0.717) is 0 Å². The fourth-order valence-corrected chi connectivity index (χ4v) is 3.00. The molecular weight excluding hydrogens is 292 g/mol. The lowest BCUT2D eigenvalue weighted by Crippen LogP contribution is -2.23. The molecule has 0 fully saturated rings. The van der Waals surface area contributed by atoms with Crippen LogP contribution >= 0.6 is 22.9 Å². The second-order valence-corrected chi connectivity index (χ2v) is 5.99. The number of hydrogen-bond acceptors (Lipinski definition) is 3. The van der Waals surface area contributed by atoms with Gasteiger partial charge in [0.25, 0.3) is 0 Å². The summed E-state index contributed by atoms with van der Waals surface area (Å²) in [6, 6.07) is 7.64. The highest BCUT2D eigenvalue weighted by Gasteiger charge is 2.13. The Morgan fingerprint density at radius 2 is 2.10 bits per heavy atom. The molecule has 0 spiro atoms. The zero-order valence-corrected chi connectivity index (χ0v) is 12.9. The zero-order chi connectivity index (χ0) is 14.5. The minimum Gasteiger partial charge on any atom is -0.369 e. The van der Waals surface area contributed by atoms with Gasteiger partial charge >= 0.3 is 0 Å². The number of carbonyl (C=O) groups is 1. The van der Waals surface area contributed by atoms with E-state index in [9.17, 15) is 4.79 Å².